The van der Waals surface area contributed by atoms with E-state index in [-0.39, 0.29) is 5.78 Å². The van der Waals surface area contributed by atoms with Gasteiger partial charge in [-0.25, -0.2) is 0 Å². The Balaban J connectivity index is 0.000000179. The summed E-state index contributed by atoms with van der Waals surface area (Å²) in [5.74, 6) is 3.09. The van der Waals surface area contributed by atoms with Crippen LogP contribution in [0.5, 0.6) is 23.0 Å². The van der Waals surface area contributed by atoms with Crippen molar-refractivity contribution in [1.82, 2.24) is 0 Å². The Morgan fingerprint density at radius 3 is 2.06 bits per heavy atom. The SMILES string of the molecule is CON=C1CCc2c(Br)c(OC)cc(OC)c21.COc1cc2c(c(OC)c1)C(=O)CC2. The van der Waals surface area contributed by atoms with Gasteiger partial charge >= 0.3 is 0 Å². The van der Waals surface area contributed by atoms with Gasteiger partial charge in [0.2, 0.25) is 0 Å². The zero-order valence-electron chi connectivity index (χ0n) is 18.3. The van der Waals surface area contributed by atoms with Crippen LogP contribution in [0.1, 0.15) is 39.9 Å². The van der Waals surface area contributed by atoms with E-state index < -0.39 is 0 Å². The summed E-state index contributed by atoms with van der Waals surface area (Å²) in [7, 11) is 8.02. The Bertz CT molecular complexity index is 1020. The molecule has 31 heavy (non-hydrogen) atoms. The van der Waals surface area contributed by atoms with Crippen molar-refractivity contribution in [2.45, 2.75) is 25.7 Å². The molecule has 0 unspecified atom stereocenters. The number of carbonyl (C=O) groups excluding carboxylic acids is 1. The molecule has 0 bridgehead atoms. The van der Waals surface area contributed by atoms with Gasteiger partial charge in [-0.2, -0.15) is 0 Å². The molecule has 8 heteroatoms. The molecular weight excluding hydrogens is 466 g/mol. The first-order chi connectivity index (χ1) is 15.0. The summed E-state index contributed by atoms with van der Waals surface area (Å²) in [5.41, 5.74) is 4.86. The highest BCUT2D eigenvalue weighted by Gasteiger charge is 2.27. The Morgan fingerprint density at radius 1 is 0.774 bits per heavy atom. The number of hydrogen-bond acceptors (Lipinski definition) is 7. The highest BCUT2D eigenvalue weighted by Crippen LogP contribution is 2.42. The van der Waals surface area contributed by atoms with Crippen LogP contribution in [0.2, 0.25) is 0 Å². The fourth-order valence-corrected chi connectivity index (χ4v) is 4.58. The lowest BCUT2D eigenvalue weighted by molar-refractivity contribution is 0.0992. The van der Waals surface area contributed by atoms with Crippen molar-refractivity contribution in [2.75, 3.05) is 35.5 Å². The Morgan fingerprint density at radius 2 is 1.45 bits per heavy atom. The van der Waals surface area contributed by atoms with Crippen molar-refractivity contribution in [3.05, 3.63) is 44.9 Å². The van der Waals surface area contributed by atoms with E-state index in [9.17, 15) is 4.79 Å². The molecule has 4 rings (SSSR count). The smallest absolute Gasteiger partial charge is 0.167 e. The Kier molecular flexibility index (Phi) is 7.43. The van der Waals surface area contributed by atoms with Crippen LogP contribution in [0, 0.1) is 0 Å². The number of rotatable bonds is 5. The van der Waals surface area contributed by atoms with Crippen molar-refractivity contribution in [1.29, 1.82) is 0 Å². The van der Waals surface area contributed by atoms with Gasteiger partial charge in [-0.15, -0.1) is 0 Å². The van der Waals surface area contributed by atoms with Gasteiger partial charge in [-0.1, -0.05) is 5.16 Å². The van der Waals surface area contributed by atoms with E-state index in [4.69, 9.17) is 23.8 Å². The summed E-state index contributed by atoms with van der Waals surface area (Å²) in [6, 6.07) is 5.52. The lowest BCUT2D eigenvalue weighted by Crippen LogP contribution is -2.01. The molecule has 0 heterocycles. The fraction of sp³-hybridized carbons (Fsp3) is 0.391. The average Bonchev–Trinajstić information content (AvgIpc) is 3.38. The molecule has 0 aliphatic heterocycles. The third-order valence-corrected chi connectivity index (χ3v) is 6.22. The van der Waals surface area contributed by atoms with Crippen LogP contribution >= 0.6 is 15.9 Å². The van der Waals surface area contributed by atoms with Crippen LogP contribution in [0.25, 0.3) is 0 Å². The maximum Gasteiger partial charge on any atom is 0.167 e. The van der Waals surface area contributed by atoms with Crippen molar-refractivity contribution in [3.8, 4) is 23.0 Å². The van der Waals surface area contributed by atoms with E-state index in [1.165, 1.54) is 0 Å². The highest BCUT2D eigenvalue weighted by atomic mass is 79.9. The number of ether oxygens (including phenoxy) is 4. The number of hydrogen-bond donors (Lipinski definition) is 0. The molecule has 0 amide bonds. The summed E-state index contributed by atoms with van der Waals surface area (Å²) in [6.45, 7) is 0. The predicted molar refractivity (Wildman–Crippen MR) is 121 cm³/mol. The number of nitrogens with zero attached hydrogens (tertiary/aromatic N) is 1. The topological polar surface area (TPSA) is 75.6 Å². The molecule has 0 aromatic heterocycles. The monoisotopic (exact) mass is 491 g/mol. The standard InChI is InChI=1S/C12H14BrNO3.C11H12O3/c1-15-9-6-10(16-2)12(13)7-4-5-8(11(7)9)14-17-3;1-13-8-5-7-3-4-9(12)11(7)10(6-8)14-2/h6H,4-5H2,1-3H3;5-6H,3-4H2,1-2H3. The minimum Gasteiger partial charge on any atom is -0.497 e. The number of Topliss-reactive ketones (excluding diaryl/α,β-unsaturated/α-hetero) is 1. The average molecular weight is 492 g/mol. The number of fused-ring (bicyclic) bond motifs is 2. The number of halogens is 1. The van der Waals surface area contributed by atoms with Gasteiger partial charge in [0, 0.05) is 24.1 Å². The van der Waals surface area contributed by atoms with E-state index in [1.807, 2.05) is 12.1 Å². The van der Waals surface area contributed by atoms with Crippen LogP contribution in [-0.2, 0) is 17.7 Å². The third kappa shape index (κ3) is 4.49. The van der Waals surface area contributed by atoms with Gasteiger partial charge in [-0.05, 0) is 52.4 Å². The number of carbonyl (C=O) groups is 1. The second-order valence-electron chi connectivity index (χ2n) is 6.96. The fourth-order valence-electron chi connectivity index (χ4n) is 3.90. The molecule has 0 radical (unpaired) electrons. The van der Waals surface area contributed by atoms with Gasteiger partial charge in [0.05, 0.1) is 44.2 Å². The van der Waals surface area contributed by atoms with Crippen molar-refractivity contribution >= 4 is 27.4 Å². The number of methoxy groups -OCH3 is 4. The zero-order valence-corrected chi connectivity index (χ0v) is 19.9. The van der Waals surface area contributed by atoms with Crippen LogP contribution in [-0.4, -0.2) is 47.0 Å². The third-order valence-electron chi connectivity index (χ3n) is 5.35. The first kappa shape index (κ1) is 22.9. The molecule has 0 saturated carbocycles. The Labute approximate surface area is 190 Å². The summed E-state index contributed by atoms with van der Waals surface area (Å²) < 4.78 is 22.0. The molecule has 2 aromatic carbocycles. The van der Waals surface area contributed by atoms with E-state index in [0.29, 0.717) is 12.2 Å². The minimum atomic E-state index is 0.166. The normalized spacial score (nSPS) is 15.0. The van der Waals surface area contributed by atoms with Crippen LogP contribution in [0.15, 0.2) is 27.8 Å². The largest absolute Gasteiger partial charge is 0.497 e. The van der Waals surface area contributed by atoms with Crippen LogP contribution < -0.4 is 18.9 Å². The van der Waals surface area contributed by atoms with Gasteiger partial charge in [0.1, 0.15) is 30.1 Å². The maximum absolute atomic E-state index is 11.5. The number of aryl methyl sites for hydroxylation is 1. The van der Waals surface area contributed by atoms with Crippen molar-refractivity contribution in [3.63, 3.8) is 0 Å². The van der Waals surface area contributed by atoms with E-state index in [2.05, 4.69) is 21.1 Å². The van der Waals surface area contributed by atoms with E-state index >= 15 is 0 Å². The first-order valence-corrected chi connectivity index (χ1v) is 10.6. The predicted octanol–water partition coefficient (Wildman–Crippen LogP) is 4.60. The van der Waals surface area contributed by atoms with Crippen molar-refractivity contribution in [2.24, 2.45) is 5.16 Å². The summed E-state index contributed by atoms with van der Waals surface area (Å²) in [5, 5.41) is 4.05. The van der Waals surface area contributed by atoms with Crippen LogP contribution in [0.3, 0.4) is 0 Å². The lowest BCUT2D eigenvalue weighted by Gasteiger charge is -2.12. The Hall–Kier alpha value is -2.74. The summed E-state index contributed by atoms with van der Waals surface area (Å²) >= 11 is 3.56. The molecule has 0 fully saturated rings. The van der Waals surface area contributed by atoms with Gasteiger partial charge in [-0.3, -0.25) is 4.79 Å². The van der Waals surface area contributed by atoms with E-state index in [1.54, 1.807) is 41.6 Å². The van der Waals surface area contributed by atoms with Gasteiger partial charge in [0.15, 0.2) is 5.78 Å². The molecule has 0 atom stereocenters. The van der Waals surface area contributed by atoms with E-state index in [0.717, 1.165) is 68.9 Å². The molecule has 0 spiro atoms. The minimum absolute atomic E-state index is 0.166. The quantitative estimate of drug-likeness (QED) is 0.569. The molecule has 2 aliphatic carbocycles. The number of benzene rings is 2. The second kappa shape index (κ2) is 10.0. The molecule has 0 saturated heterocycles. The van der Waals surface area contributed by atoms with Crippen LogP contribution in [0.4, 0.5) is 0 Å². The molecule has 166 valence electrons. The summed E-state index contributed by atoms with van der Waals surface area (Å²) in [4.78, 5) is 16.4. The molecule has 2 aliphatic rings. The van der Waals surface area contributed by atoms with Gasteiger partial charge in [0.25, 0.3) is 0 Å². The number of ketones is 1. The van der Waals surface area contributed by atoms with Crippen molar-refractivity contribution < 1.29 is 28.6 Å². The molecule has 0 N–H and O–H groups in total. The van der Waals surface area contributed by atoms with Gasteiger partial charge < -0.3 is 23.8 Å². The second-order valence-corrected chi connectivity index (χ2v) is 7.75. The zero-order chi connectivity index (χ0) is 22.5. The molecular formula is C23H26BrNO6. The first-order valence-electron chi connectivity index (χ1n) is 9.80. The molecule has 2 aromatic rings. The maximum atomic E-state index is 11.5. The lowest BCUT2D eigenvalue weighted by atomic mass is 10.1. The summed E-state index contributed by atoms with van der Waals surface area (Å²) in [6.07, 6.45) is 3.14. The number of oxime groups is 1. The highest BCUT2D eigenvalue weighted by molar-refractivity contribution is 9.10. The molecule has 7 nitrogen and oxygen atoms in total.